The van der Waals surface area contributed by atoms with Crippen molar-refractivity contribution in [2.24, 2.45) is 0 Å². The monoisotopic (exact) mass is 283 g/mol. The Kier molecular flexibility index (Phi) is 6.38. The van der Waals surface area contributed by atoms with Gasteiger partial charge in [0.25, 0.3) is 5.91 Å². The van der Waals surface area contributed by atoms with Crippen LogP contribution in [0.5, 0.6) is 0 Å². The van der Waals surface area contributed by atoms with Crippen LogP contribution in [0.4, 0.5) is 0 Å². The van der Waals surface area contributed by atoms with Gasteiger partial charge in [0.05, 0.1) is 0 Å². The standard InChI is InChI=1S/C13H17NO4S/c1-18-8-7-11(13(16)17)14-12(15)9-3-5-10(19-2)6-4-9/h3-6,11H,7-8H2,1-2H3,(H,14,15)(H,16,17). The van der Waals surface area contributed by atoms with E-state index in [1.165, 1.54) is 7.11 Å². The maximum Gasteiger partial charge on any atom is 0.326 e. The summed E-state index contributed by atoms with van der Waals surface area (Å²) in [5.74, 6) is -1.46. The second kappa shape index (κ2) is 7.81. The second-order valence-corrected chi connectivity index (χ2v) is 4.75. The first-order valence-electron chi connectivity index (χ1n) is 5.75. The molecule has 1 atom stereocenters. The van der Waals surface area contributed by atoms with Gasteiger partial charge in [-0.1, -0.05) is 0 Å². The molecule has 0 saturated carbocycles. The predicted molar refractivity (Wildman–Crippen MR) is 73.6 cm³/mol. The summed E-state index contributed by atoms with van der Waals surface area (Å²) in [4.78, 5) is 23.9. The first-order valence-corrected chi connectivity index (χ1v) is 6.97. The molecule has 6 heteroatoms. The number of ether oxygens (including phenoxy) is 1. The van der Waals surface area contributed by atoms with Gasteiger partial charge in [-0.2, -0.15) is 0 Å². The highest BCUT2D eigenvalue weighted by Gasteiger charge is 2.20. The van der Waals surface area contributed by atoms with Gasteiger partial charge in [-0.25, -0.2) is 4.79 Å². The zero-order chi connectivity index (χ0) is 14.3. The molecule has 0 aromatic heterocycles. The van der Waals surface area contributed by atoms with Crippen molar-refractivity contribution in [2.75, 3.05) is 20.0 Å². The fraction of sp³-hybridized carbons (Fsp3) is 0.385. The number of benzene rings is 1. The lowest BCUT2D eigenvalue weighted by Crippen LogP contribution is -2.41. The van der Waals surface area contributed by atoms with E-state index in [9.17, 15) is 9.59 Å². The minimum atomic E-state index is -1.06. The van der Waals surface area contributed by atoms with Crippen LogP contribution in [0.25, 0.3) is 0 Å². The number of amides is 1. The molecule has 1 unspecified atom stereocenters. The molecule has 5 nitrogen and oxygen atoms in total. The van der Waals surface area contributed by atoms with Crippen molar-refractivity contribution in [1.29, 1.82) is 0 Å². The Morgan fingerprint density at radius 1 is 1.37 bits per heavy atom. The molecule has 0 fully saturated rings. The number of methoxy groups -OCH3 is 1. The second-order valence-electron chi connectivity index (χ2n) is 3.87. The maximum atomic E-state index is 11.9. The molecule has 19 heavy (non-hydrogen) atoms. The van der Waals surface area contributed by atoms with E-state index in [2.05, 4.69) is 5.32 Å². The van der Waals surface area contributed by atoms with Crippen LogP contribution in [0.1, 0.15) is 16.8 Å². The van der Waals surface area contributed by atoms with Crippen LogP contribution in [-0.2, 0) is 9.53 Å². The lowest BCUT2D eigenvalue weighted by Gasteiger charge is -2.14. The van der Waals surface area contributed by atoms with Gasteiger partial charge in [0, 0.05) is 30.6 Å². The number of rotatable bonds is 7. The highest BCUT2D eigenvalue weighted by Crippen LogP contribution is 2.14. The molecule has 1 aromatic carbocycles. The normalized spacial score (nSPS) is 11.9. The van der Waals surface area contributed by atoms with E-state index in [-0.39, 0.29) is 13.0 Å². The summed E-state index contributed by atoms with van der Waals surface area (Å²) in [6.07, 6.45) is 2.18. The third-order valence-corrected chi connectivity index (χ3v) is 3.31. The van der Waals surface area contributed by atoms with Crippen LogP contribution in [0.2, 0.25) is 0 Å². The average molecular weight is 283 g/mol. The zero-order valence-corrected chi connectivity index (χ0v) is 11.7. The summed E-state index contributed by atoms with van der Waals surface area (Å²) in [7, 11) is 1.49. The molecule has 1 amide bonds. The molecule has 0 bridgehead atoms. The van der Waals surface area contributed by atoms with Gasteiger partial charge in [0.2, 0.25) is 0 Å². The Morgan fingerprint density at radius 2 is 2.00 bits per heavy atom. The average Bonchev–Trinajstić information content (AvgIpc) is 2.43. The molecule has 0 saturated heterocycles. The number of carboxylic acid groups (broad SMARTS) is 1. The first-order chi connectivity index (χ1) is 9.08. The molecule has 0 heterocycles. The Labute approximate surface area is 116 Å². The Hall–Kier alpha value is -1.53. The van der Waals surface area contributed by atoms with Crippen LogP contribution in [-0.4, -0.2) is 43.0 Å². The lowest BCUT2D eigenvalue weighted by atomic mass is 10.1. The summed E-state index contributed by atoms with van der Waals surface area (Å²) in [5.41, 5.74) is 0.446. The van der Waals surface area contributed by atoms with Crippen molar-refractivity contribution >= 4 is 23.6 Å². The topological polar surface area (TPSA) is 75.6 Å². The van der Waals surface area contributed by atoms with Crippen molar-refractivity contribution in [3.63, 3.8) is 0 Å². The highest BCUT2D eigenvalue weighted by atomic mass is 32.2. The molecule has 0 spiro atoms. The van der Waals surface area contributed by atoms with Crippen molar-refractivity contribution in [1.82, 2.24) is 5.32 Å². The van der Waals surface area contributed by atoms with Gasteiger partial charge in [-0.05, 0) is 30.5 Å². The molecular weight excluding hydrogens is 266 g/mol. The van der Waals surface area contributed by atoms with Crippen LogP contribution in [0.3, 0.4) is 0 Å². The summed E-state index contributed by atoms with van der Waals surface area (Å²) >= 11 is 1.58. The van der Waals surface area contributed by atoms with Gasteiger partial charge in [-0.15, -0.1) is 11.8 Å². The molecule has 1 aromatic rings. The van der Waals surface area contributed by atoms with E-state index in [0.29, 0.717) is 5.56 Å². The largest absolute Gasteiger partial charge is 0.480 e. The lowest BCUT2D eigenvalue weighted by molar-refractivity contribution is -0.139. The van der Waals surface area contributed by atoms with E-state index in [4.69, 9.17) is 9.84 Å². The Morgan fingerprint density at radius 3 is 2.47 bits per heavy atom. The SMILES string of the molecule is COCCC(NC(=O)c1ccc(SC)cc1)C(=O)O. The molecule has 1 rings (SSSR count). The number of carbonyl (C=O) groups is 2. The highest BCUT2D eigenvalue weighted by molar-refractivity contribution is 7.98. The number of thioether (sulfide) groups is 1. The maximum absolute atomic E-state index is 11.9. The minimum Gasteiger partial charge on any atom is -0.480 e. The molecular formula is C13H17NO4S. The van der Waals surface area contributed by atoms with E-state index < -0.39 is 17.9 Å². The summed E-state index contributed by atoms with van der Waals surface area (Å²) in [6, 6.07) is 6.06. The third kappa shape index (κ3) is 4.92. The molecule has 0 radical (unpaired) electrons. The molecule has 104 valence electrons. The van der Waals surface area contributed by atoms with Crippen LogP contribution < -0.4 is 5.32 Å². The van der Waals surface area contributed by atoms with Gasteiger partial charge < -0.3 is 15.2 Å². The van der Waals surface area contributed by atoms with E-state index in [0.717, 1.165) is 4.90 Å². The first kappa shape index (κ1) is 15.5. The number of hydrogen-bond acceptors (Lipinski definition) is 4. The molecule has 0 aliphatic rings. The Balaban J connectivity index is 2.67. The smallest absolute Gasteiger partial charge is 0.326 e. The summed E-state index contributed by atoms with van der Waals surface area (Å²) in [5, 5.41) is 11.5. The van der Waals surface area contributed by atoms with E-state index in [1.54, 1.807) is 23.9 Å². The van der Waals surface area contributed by atoms with Crippen molar-refractivity contribution in [3.05, 3.63) is 29.8 Å². The number of carboxylic acids is 1. The quantitative estimate of drug-likeness (QED) is 0.744. The molecule has 2 N–H and O–H groups in total. The minimum absolute atomic E-state index is 0.237. The fourth-order valence-electron chi connectivity index (χ4n) is 1.48. The van der Waals surface area contributed by atoms with Crippen LogP contribution in [0.15, 0.2) is 29.2 Å². The zero-order valence-electron chi connectivity index (χ0n) is 10.9. The fourth-order valence-corrected chi connectivity index (χ4v) is 1.89. The van der Waals surface area contributed by atoms with Crippen molar-refractivity contribution < 1.29 is 19.4 Å². The summed E-state index contributed by atoms with van der Waals surface area (Å²) < 4.78 is 4.82. The van der Waals surface area contributed by atoms with Gasteiger partial charge in [-0.3, -0.25) is 4.79 Å². The molecule has 0 aliphatic carbocycles. The number of aliphatic carboxylic acids is 1. The molecule has 0 aliphatic heterocycles. The van der Waals surface area contributed by atoms with E-state index in [1.807, 2.05) is 18.4 Å². The van der Waals surface area contributed by atoms with Crippen LogP contribution in [0, 0.1) is 0 Å². The number of carbonyl (C=O) groups excluding carboxylic acids is 1. The number of hydrogen-bond donors (Lipinski definition) is 2. The van der Waals surface area contributed by atoms with Gasteiger partial charge in [0.1, 0.15) is 6.04 Å². The van der Waals surface area contributed by atoms with Gasteiger partial charge in [0.15, 0.2) is 0 Å². The predicted octanol–water partition coefficient (Wildman–Crippen LogP) is 1.63. The van der Waals surface area contributed by atoms with Gasteiger partial charge >= 0.3 is 5.97 Å². The van der Waals surface area contributed by atoms with Crippen molar-refractivity contribution in [2.45, 2.75) is 17.4 Å². The van der Waals surface area contributed by atoms with Crippen molar-refractivity contribution in [3.8, 4) is 0 Å². The Bertz CT molecular complexity index is 433. The number of nitrogens with one attached hydrogen (secondary N) is 1. The van der Waals surface area contributed by atoms with E-state index >= 15 is 0 Å². The van der Waals surface area contributed by atoms with Crippen LogP contribution >= 0.6 is 11.8 Å². The summed E-state index contributed by atoms with van der Waals surface area (Å²) in [6.45, 7) is 0.280. The third-order valence-electron chi connectivity index (χ3n) is 2.57.